The summed E-state index contributed by atoms with van der Waals surface area (Å²) in [6, 6.07) is 25.9. The fraction of sp³-hybridized carbons (Fsp3) is 0.256. The van der Waals surface area contributed by atoms with Gasteiger partial charge in [0.15, 0.2) is 0 Å². The number of aryl methyl sites for hydroxylation is 3. The van der Waals surface area contributed by atoms with Gasteiger partial charge in [-0.15, -0.1) is 0 Å². The number of nitrogens with zero attached hydrogens (tertiary/aromatic N) is 8. The average molecular weight is 843 g/mol. The van der Waals surface area contributed by atoms with Crippen LogP contribution in [0.5, 0.6) is 0 Å². The Balaban J connectivity index is 0.963. The van der Waals surface area contributed by atoms with Crippen LogP contribution in [0, 0.1) is 20.8 Å². The Morgan fingerprint density at radius 3 is 1.26 bits per heavy atom. The molecule has 18 heteroatoms. The molecular formula is C43H46N12O5S. The van der Waals surface area contributed by atoms with E-state index in [1.54, 1.807) is 0 Å². The second-order valence-electron chi connectivity index (χ2n) is 14.6. The molecule has 2 saturated heterocycles. The smallest absolute Gasteiger partial charge is 0.294 e. The van der Waals surface area contributed by atoms with Gasteiger partial charge in [0, 0.05) is 48.9 Å². The summed E-state index contributed by atoms with van der Waals surface area (Å²) in [5, 5.41) is 13.2. The molecule has 5 N–H and O–H groups in total. The Hall–Kier alpha value is -6.73. The van der Waals surface area contributed by atoms with E-state index in [4.69, 9.17) is 29.4 Å². The van der Waals surface area contributed by atoms with E-state index < -0.39 is 10.1 Å². The minimum absolute atomic E-state index is 0.211. The van der Waals surface area contributed by atoms with Crippen molar-refractivity contribution in [1.29, 1.82) is 0 Å². The Labute approximate surface area is 354 Å². The quantitative estimate of drug-likeness (QED) is 0.0584. The molecule has 0 amide bonds. The molecule has 2 aromatic heterocycles. The predicted octanol–water partition coefficient (Wildman–Crippen LogP) is 7.05. The number of morpholine rings is 2. The second kappa shape index (κ2) is 18.3. The van der Waals surface area contributed by atoms with Crippen LogP contribution in [0.4, 0.5) is 58.4 Å². The van der Waals surface area contributed by atoms with Gasteiger partial charge in [0.1, 0.15) is 0 Å². The fourth-order valence-corrected chi connectivity index (χ4v) is 7.17. The van der Waals surface area contributed by atoms with E-state index in [9.17, 15) is 13.0 Å². The molecule has 0 radical (unpaired) electrons. The Bertz CT molecular complexity index is 2640. The number of aromatic nitrogens is 6. The predicted molar refractivity (Wildman–Crippen MR) is 238 cm³/mol. The summed E-state index contributed by atoms with van der Waals surface area (Å²) in [4.78, 5) is 32.0. The first-order valence-electron chi connectivity index (χ1n) is 19.8. The first kappa shape index (κ1) is 41.0. The maximum Gasteiger partial charge on any atom is 0.294 e. The molecule has 2 aliphatic heterocycles. The molecule has 17 nitrogen and oxygen atoms in total. The van der Waals surface area contributed by atoms with Gasteiger partial charge in [-0.25, -0.2) is 0 Å². The summed E-state index contributed by atoms with van der Waals surface area (Å²) in [5.41, 5.74) is 8.45. The molecule has 4 heterocycles. The van der Waals surface area contributed by atoms with Gasteiger partial charge in [-0.2, -0.15) is 38.3 Å². The van der Waals surface area contributed by atoms with Crippen molar-refractivity contribution in [2.75, 3.05) is 83.7 Å². The largest absolute Gasteiger partial charge is 0.378 e. The van der Waals surface area contributed by atoms with Gasteiger partial charge in [0.05, 0.1) is 31.3 Å². The van der Waals surface area contributed by atoms with Crippen molar-refractivity contribution in [2.24, 2.45) is 0 Å². The maximum atomic E-state index is 11.5. The maximum absolute atomic E-state index is 11.5. The van der Waals surface area contributed by atoms with Gasteiger partial charge in [-0.05, 0) is 104 Å². The number of rotatable bonds is 13. The van der Waals surface area contributed by atoms with Crippen molar-refractivity contribution < 1.29 is 22.4 Å². The highest BCUT2D eigenvalue weighted by Gasteiger charge is 2.19. The second-order valence-corrected chi connectivity index (χ2v) is 16.0. The van der Waals surface area contributed by atoms with Gasteiger partial charge in [0.2, 0.25) is 35.7 Å². The summed E-state index contributed by atoms with van der Waals surface area (Å²) < 4.78 is 43.5. The molecule has 0 atom stereocenters. The van der Waals surface area contributed by atoms with Crippen LogP contribution in [0.25, 0.3) is 12.2 Å². The molecule has 6 aromatic rings. The third-order valence-electron chi connectivity index (χ3n) is 10.0. The van der Waals surface area contributed by atoms with Crippen LogP contribution in [0.15, 0.2) is 89.8 Å². The van der Waals surface area contributed by atoms with Crippen molar-refractivity contribution in [1.82, 2.24) is 29.9 Å². The molecule has 0 spiro atoms. The first-order valence-corrected chi connectivity index (χ1v) is 21.2. The topological polar surface area (TPSA) is 205 Å². The number of benzene rings is 4. The van der Waals surface area contributed by atoms with Crippen molar-refractivity contribution in [3.05, 3.63) is 113 Å². The minimum atomic E-state index is -4.32. The summed E-state index contributed by atoms with van der Waals surface area (Å²) in [5.74, 6) is 2.53. The highest BCUT2D eigenvalue weighted by Crippen LogP contribution is 2.27. The molecule has 8 rings (SSSR count). The number of nitrogens with one attached hydrogen (secondary N) is 4. The monoisotopic (exact) mass is 842 g/mol. The number of hydrogen-bond acceptors (Lipinski definition) is 16. The zero-order valence-electron chi connectivity index (χ0n) is 34.0. The van der Waals surface area contributed by atoms with E-state index >= 15 is 0 Å². The molecule has 0 bridgehead atoms. The molecule has 0 aliphatic carbocycles. The zero-order valence-corrected chi connectivity index (χ0v) is 34.8. The molecular weight excluding hydrogens is 797 g/mol. The molecule has 0 unspecified atom stereocenters. The van der Waals surface area contributed by atoms with Crippen molar-refractivity contribution >= 4 is 80.7 Å². The molecule has 2 aliphatic rings. The van der Waals surface area contributed by atoms with Crippen LogP contribution in [-0.4, -0.2) is 95.5 Å². The van der Waals surface area contributed by atoms with Crippen LogP contribution in [-0.2, 0) is 19.6 Å². The highest BCUT2D eigenvalue weighted by molar-refractivity contribution is 7.85. The van der Waals surface area contributed by atoms with Crippen LogP contribution in [0.2, 0.25) is 0 Å². The lowest BCUT2D eigenvalue weighted by molar-refractivity contribution is 0.122. The SMILES string of the molecule is Cc1ccc(Nc2nc(Nc3ccc(C=Cc4ccc(Nc5nc(Nc6ccc(S(=O)(=O)O)cc6)nc(N6CCOCC6)n5)cc4C)c(C)c3)nc(N3CCOCC3)n2)cc1. The molecule has 4 aromatic carbocycles. The van der Waals surface area contributed by atoms with E-state index in [1.165, 1.54) is 29.8 Å². The van der Waals surface area contributed by atoms with E-state index in [0.29, 0.717) is 88.0 Å². The van der Waals surface area contributed by atoms with Gasteiger partial charge >= 0.3 is 0 Å². The van der Waals surface area contributed by atoms with E-state index in [1.807, 2.05) is 60.4 Å². The van der Waals surface area contributed by atoms with Gasteiger partial charge in [0.25, 0.3) is 10.1 Å². The number of ether oxygens (including phenoxy) is 2. The van der Waals surface area contributed by atoms with Crippen LogP contribution < -0.4 is 31.1 Å². The zero-order chi connectivity index (χ0) is 42.3. The molecule has 314 valence electrons. The lowest BCUT2D eigenvalue weighted by Crippen LogP contribution is -2.37. The third kappa shape index (κ3) is 10.7. The Kier molecular flexibility index (Phi) is 12.3. The van der Waals surface area contributed by atoms with Crippen LogP contribution in [0.3, 0.4) is 0 Å². The normalized spacial score (nSPS) is 14.6. The third-order valence-corrected chi connectivity index (χ3v) is 10.9. The van der Waals surface area contributed by atoms with E-state index in [0.717, 1.165) is 39.3 Å². The van der Waals surface area contributed by atoms with Crippen molar-refractivity contribution in [3.63, 3.8) is 0 Å². The summed E-state index contributed by atoms with van der Waals surface area (Å²) in [6.07, 6.45) is 4.19. The molecule has 2 fully saturated rings. The van der Waals surface area contributed by atoms with Gasteiger partial charge in [-0.3, -0.25) is 4.55 Å². The Morgan fingerprint density at radius 2 is 0.885 bits per heavy atom. The summed E-state index contributed by atoms with van der Waals surface area (Å²) in [7, 11) is -4.32. The van der Waals surface area contributed by atoms with Gasteiger partial charge < -0.3 is 40.5 Å². The standard InChI is InChI=1S/C43H46N12O5S/c1-28-4-10-33(11-5-28)44-38-48-40(52-42(50-38)54-18-22-59-23-19-54)46-35-12-8-31(29(2)26-35)6-7-32-9-13-36(27-30(32)3)47-41-49-39(51-43(53-41)55-20-24-60-25-21-55)45-34-14-16-37(17-15-34)61(56,57)58/h4-17,26-27H,18-25H2,1-3H3,(H,56,57,58)(H2,44,46,48,50,52)(H2,45,47,49,51,53). The average Bonchev–Trinajstić information content (AvgIpc) is 3.25. The number of anilines is 10. The number of hydrogen-bond donors (Lipinski definition) is 5. The minimum Gasteiger partial charge on any atom is -0.378 e. The Morgan fingerprint density at radius 1 is 0.525 bits per heavy atom. The lowest BCUT2D eigenvalue weighted by Gasteiger charge is -2.27. The summed E-state index contributed by atoms with van der Waals surface area (Å²) >= 11 is 0. The fourth-order valence-electron chi connectivity index (χ4n) is 6.69. The van der Waals surface area contributed by atoms with Crippen LogP contribution >= 0.6 is 0 Å². The van der Waals surface area contributed by atoms with Crippen LogP contribution in [0.1, 0.15) is 27.8 Å². The van der Waals surface area contributed by atoms with E-state index in [-0.39, 0.29) is 10.8 Å². The molecule has 0 saturated carbocycles. The lowest BCUT2D eigenvalue weighted by atomic mass is 10.0. The molecule has 61 heavy (non-hydrogen) atoms. The van der Waals surface area contributed by atoms with E-state index in [2.05, 4.69) is 74.3 Å². The van der Waals surface area contributed by atoms with Crippen molar-refractivity contribution in [3.8, 4) is 0 Å². The summed E-state index contributed by atoms with van der Waals surface area (Å²) in [6.45, 7) is 11.1. The van der Waals surface area contributed by atoms with Crippen molar-refractivity contribution in [2.45, 2.75) is 25.7 Å². The van der Waals surface area contributed by atoms with Gasteiger partial charge in [-0.1, -0.05) is 42.0 Å². The highest BCUT2D eigenvalue weighted by atomic mass is 32.2. The first-order chi connectivity index (χ1) is 29.5.